The average molecular weight is 335 g/mol. The van der Waals surface area contributed by atoms with Gasteiger partial charge >= 0.3 is 5.97 Å². The summed E-state index contributed by atoms with van der Waals surface area (Å²) in [6.07, 6.45) is 0. The molecular weight excluding hydrogens is 320 g/mol. The number of benzene rings is 2. The minimum Gasteiger partial charge on any atom is -0.493 e. The monoisotopic (exact) mass is 334 g/mol. The van der Waals surface area contributed by atoms with Gasteiger partial charge in [-0.1, -0.05) is 33.6 Å². The van der Waals surface area contributed by atoms with E-state index in [0.29, 0.717) is 23.7 Å². The Morgan fingerprint density at radius 2 is 1.85 bits per heavy atom. The Labute approximate surface area is 126 Å². The highest BCUT2D eigenvalue weighted by Gasteiger charge is 2.15. The zero-order valence-corrected chi connectivity index (χ0v) is 12.9. The van der Waals surface area contributed by atoms with Crippen LogP contribution in [0.25, 0.3) is 0 Å². The molecule has 0 aromatic heterocycles. The molecule has 0 unspecified atom stereocenters. The Morgan fingerprint density at radius 3 is 2.50 bits per heavy atom. The van der Waals surface area contributed by atoms with Gasteiger partial charge in [0.25, 0.3) is 0 Å². The molecule has 2 aromatic rings. The molecule has 0 fully saturated rings. The van der Waals surface area contributed by atoms with Gasteiger partial charge in [-0.05, 0) is 44.2 Å². The molecule has 0 saturated carbocycles. The SMILES string of the molecule is CCOc1ccc(Br)cc1C(=O)Oc1ccc(C)cc1. The summed E-state index contributed by atoms with van der Waals surface area (Å²) in [6.45, 7) is 4.34. The third-order valence-corrected chi connectivity index (χ3v) is 3.19. The van der Waals surface area contributed by atoms with E-state index in [4.69, 9.17) is 9.47 Å². The van der Waals surface area contributed by atoms with Crippen LogP contribution in [0.15, 0.2) is 46.9 Å². The highest BCUT2D eigenvalue weighted by Crippen LogP contribution is 2.25. The minimum absolute atomic E-state index is 0.404. The van der Waals surface area contributed by atoms with Gasteiger partial charge in [0.15, 0.2) is 0 Å². The lowest BCUT2D eigenvalue weighted by Gasteiger charge is -2.10. The van der Waals surface area contributed by atoms with Crippen molar-refractivity contribution in [3.63, 3.8) is 0 Å². The molecule has 0 heterocycles. The summed E-state index contributed by atoms with van der Waals surface area (Å²) in [5.41, 5.74) is 1.52. The number of carbonyl (C=O) groups excluding carboxylic acids is 1. The zero-order valence-electron chi connectivity index (χ0n) is 11.4. The maximum atomic E-state index is 12.2. The first-order chi connectivity index (χ1) is 9.60. The number of hydrogen-bond acceptors (Lipinski definition) is 3. The van der Waals surface area contributed by atoms with Crippen molar-refractivity contribution in [2.75, 3.05) is 6.61 Å². The van der Waals surface area contributed by atoms with Gasteiger partial charge in [-0.25, -0.2) is 4.79 Å². The molecule has 0 aliphatic heterocycles. The summed E-state index contributed by atoms with van der Waals surface area (Å²) in [5, 5.41) is 0. The lowest BCUT2D eigenvalue weighted by atomic mass is 10.2. The van der Waals surface area contributed by atoms with E-state index in [1.807, 2.05) is 32.0 Å². The molecule has 0 N–H and O–H groups in total. The van der Waals surface area contributed by atoms with Crippen LogP contribution in [-0.4, -0.2) is 12.6 Å². The fraction of sp³-hybridized carbons (Fsp3) is 0.188. The first kappa shape index (κ1) is 14.6. The molecule has 0 amide bonds. The van der Waals surface area contributed by atoms with Crippen LogP contribution in [0, 0.1) is 6.92 Å². The summed E-state index contributed by atoms with van der Waals surface area (Å²) >= 11 is 3.35. The van der Waals surface area contributed by atoms with Crippen molar-refractivity contribution in [3.8, 4) is 11.5 Å². The molecule has 104 valence electrons. The third-order valence-electron chi connectivity index (χ3n) is 2.69. The number of carbonyl (C=O) groups is 1. The van der Waals surface area contributed by atoms with E-state index in [2.05, 4.69) is 15.9 Å². The van der Waals surface area contributed by atoms with Gasteiger partial charge in [0, 0.05) is 4.47 Å². The molecule has 2 rings (SSSR count). The average Bonchev–Trinajstić information content (AvgIpc) is 2.43. The Bertz CT molecular complexity index is 606. The largest absolute Gasteiger partial charge is 0.493 e. The Kier molecular flexibility index (Phi) is 4.79. The number of hydrogen-bond donors (Lipinski definition) is 0. The lowest BCUT2D eigenvalue weighted by molar-refractivity contribution is 0.0730. The van der Waals surface area contributed by atoms with Crippen molar-refractivity contribution < 1.29 is 14.3 Å². The van der Waals surface area contributed by atoms with Crippen LogP contribution in [0.2, 0.25) is 0 Å². The van der Waals surface area contributed by atoms with E-state index < -0.39 is 5.97 Å². The van der Waals surface area contributed by atoms with Crippen molar-refractivity contribution >= 4 is 21.9 Å². The molecule has 0 atom stereocenters. The third kappa shape index (κ3) is 3.61. The predicted octanol–water partition coefficient (Wildman–Crippen LogP) is 4.38. The van der Waals surface area contributed by atoms with E-state index in [0.717, 1.165) is 10.0 Å². The van der Waals surface area contributed by atoms with Gasteiger partial charge in [-0.2, -0.15) is 0 Å². The Hall–Kier alpha value is -1.81. The summed E-state index contributed by atoms with van der Waals surface area (Å²) in [4.78, 5) is 12.2. The molecule has 2 aromatic carbocycles. The lowest BCUT2D eigenvalue weighted by Crippen LogP contribution is -2.11. The van der Waals surface area contributed by atoms with E-state index in [1.165, 1.54) is 0 Å². The van der Waals surface area contributed by atoms with Crippen molar-refractivity contribution in [2.24, 2.45) is 0 Å². The van der Waals surface area contributed by atoms with Gasteiger partial charge in [0.05, 0.1) is 6.61 Å². The standard InChI is InChI=1S/C16H15BrO3/c1-3-19-15-9-6-12(17)10-14(15)16(18)20-13-7-4-11(2)5-8-13/h4-10H,3H2,1-2H3. The van der Waals surface area contributed by atoms with Gasteiger partial charge < -0.3 is 9.47 Å². The molecule has 0 spiro atoms. The number of aryl methyl sites for hydroxylation is 1. The Morgan fingerprint density at radius 1 is 1.15 bits per heavy atom. The molecule has 0 saturated heterocycles. The maximum Gasteiger partial charge on any atom is 0.347 e. The molecular formula is C16H15BrO3. The van der Waals surface area contributed by atoms with Crippen LogP contribution in [0.3, 0.4) is 0 Å². The van der Waals surface area contributed by atoms with Crippen LogP contribution in [0.4, 0.5) is 0 Å². The van der Waals surface area contributed by atoms with E-state index in [-0.39, 0.29) is 0 Å². The van der Waals surface area contributed by atoms with Crippen LogP contribution in [0.5, 0.6) is 11.5 Å². The van der Waals surface area contributed by atoms with Gasteiger partial charge in [0.1, 0.15) is 17.1 Å². The Balaban J connectivity index is 2.23. The topological polar surface area (TPSA) is 35.5 Å². The summed E-state index contributed by atoms with van der Waals surface area (Å²) in [5.74, 6) is 0.606. The first-order valence-electron chi connectivity index (χ1n) is 6.31. The van der Waals surface area contributed by atoms with E-state index in [9.17, 15) is 4.79 Å². The summed E-state index contributed by atoms with van der Waals surface area (Å²) in [6, 6.07) is 12.6. The van der Waals surface area contributed by atoms with Crippen LogP contribution in [0.1, 0.15) is 22.8 Å². The number of halogens is 1. The molecule has 3 nitrogen and oxygen atoms in total. The molecule has 20 heavy (non-hydrogen) atoms. The van der Waals surface area contributed by atoms with Crippen molar-refractivity contribution in [3.05, 3.63) is 58.1 Å². The highest BCUT2D eigenvalue weighted by molar-refractivity contribution is 9.10. The van der Waals surface area contributed by atoms with Crippen LogP contribution >= 0.6 is 15.9 Å². The van der Waals surface area contributed by atoms with E-state index >= 15 is 0 Å². The van der Waals surface area contributed by atoms with Crippen molar-refractivity contribution in [1.82, 2.24) is 0 Å². The fourth-order valence-corrected chi connectivity index (χ4v) is 2.07. The normalized spacial score (nSPS) is 10.2. The van der Waals surface area contributed by atoms with Gasteiger partial charge in [-0.3, -0.25) is 0 Å². The quantitative estimate of drug-likeness (QED) is 0.615. The highest BCUT2D eigenvalue weighted by atomic mass is 79.9. The van der Waals surface area contributed by atoms with Crippen molar-refractivity contribution in [2.45, 2.75) is 13.8 Å². The summed E-state index contributed by atoms with van der Waals surface area (Å²) < 4.78 is 11.6. The molecule has 4 heteroatoms. The summed E-state index contributed by atoms with van der Waals surface area (Å²) in [7, 11) is 0. The second-order valence-corrected chi connectivity index (χ2v) is 5.19. The second kappa shape index (κ2) is 6.57. The van der Waals surface area contributed by atoms with Crippen LogP contribution < -0.4 is 9.47 Å². The molecule has 0 aliphatic carbocycles. The number of ether oxygens (including phenoxy) is 2. The maximum absolute atomic E-state index is 12.2. The first-order valence-corrected chi connectivity index (χ1v) is 7.10. The predicted molar refractivity (Wildman–Crippen MR) is 81.4 cm³/mol. The van der Waals surface area contributed by atoms with Crippen molar-refractivity contribution in [1.29, 1.82) is 0 Å². The number of esters is 1. The second-order valence-electron chi connectivity index (χ2n) is 4.28. The van der Waals surface area contributed by atoms with Gasteiger partial charge in [0.2, 0.25) is 0 Å². The molecule has 0 radical (unpaired) electrons. The van der Waals surface area contributed by atoms with Crippen LogP contribution in [-0.2, 0) is 0 Å². The zero-order chi connectivity index (χ0) is 14.5. The smallest absolute Gasteiger partial charge is 0.347 e. The van der Waals surface area contributed by atoms with Gasteiger partial charge in [-0.15, -0.1) is 0 Å². The van der Waals surface area contributed by atoms with E-state index in [1.54, 1.807) is 24.3 Å². The molecule has 0 aliphatic rings. The number of rotatable bonds is 4. The molecule has 0 bridgehead atoms. The minimum atomic E-state index is -0.432. The fourth-order valence-electron chi connectivity index (χ4n) is 1.71.